The molecule has 0 radical (unpaired) electrons. The number of aliphatic imine (C=N–C) groups is 1. The van der Waals surface area contributed by atoms with Crippen LogP contribution in [0.2, 0.25) is 5.02 Å². The molecule has 0 spiro atoms. The molecule has 9 heteroatoms. The summed E-state index contributed by atoms with van der Waals surface area (Å²) in [6.07, 6.45) is 0. The first kappa shape index (κ1) is 25.1. The van der Waals surface area contributed by atoms with Crippen LogP contribution in [0.15, 0.2) is 53.5 Å². The summed E-state index contributed by atoms with van der Waals surface area (Å²) in [6, 6.07) is 15.1. The van der Waals surface area contributed by atoms with Crippen LogP contribution in [0.25, 0.3) is 0 Å². The number of halogens is 2. The Kier molecular flexibility index (Phi) is 10.2. The molecule has 0 aromatic heterocycles. The molecular weight excluding hydrogens is 529 g/mol. The molecule has 168 valence electrons. The van der Waals surface area contributed by atoms with E-state index in [-0.39, 0.29) is 29.9 Å². The number of carbonyl (C=O) groups is 1. The highest BCUT2D eigenvalue weighted by atomic mass is 127. The number of nitrogens with one attached hydrogen (secondary N) is 2. The Morgan fingerprint density at radius 2 is 1.68 bits per heavy atom. The fourth-order valence-electron chi connectivity index (χ4n) is 3.47. The minimum Gasteiger partial charge on any atom is -0.495 e. The number of anilines is 1. The van der Waals surface area contributed by atoms with E-state index >= 15 is 0 Å². The predicted octanol–water partition coefficient (Wildman–Crippen LogP) is 3.09. The largest absolute Gasteiger partial charge is 0.495 e. The summed E-state index contributed by atoms with van der Waals surface area (Å²) < 4.78 is 5.48. The zero-order chi connectivity index (χ0) is 21.3. The molecule has 1 amide bonds. The predicted molar refractivity (Wildman–Crippen MR) is 137 cm³/mol. The number of ether oxygens (including phenoxy) is 1. The number of methoxy groups -OCH3 is 1. The Hall–Kier alpha value is -2.20. The van der Waals surface area contributed by atoms with Crippen LogP contribution in [0.5, 0.6) is 5.75 Å². The van der Waals surface area contributed by atoms with Crippen LogP contribution in [-0.2, 0) is 0 Å². The summed E-state index contributed by atoms with van der Waals surface area (Å²) in [5, 5.41) is 6.66. The van der Waals surface area contributed by atoms with Gasteiger partial charge in [0.25, 0.3) is 5.91 Å². The van der Waals surface area contributed by atoms with Crippen LogP contribution in [0, 0.1) is 0 Å². The number of benzene rings is 2. The van der Waals surface area contributed by atoms with E-state index < -0.39 is 0 Å². The van der Waals surface area contributed by atoms with Crippen LogP contribution in [0.1, 0.15) is 10.4 Å². The third kappa shape index (κ3) is 6.64. The Morgan fingerprint density at radius 3 is 2.35 bits per heavy atom. The SMILES string of the molecule is CN=C(NCCNC(=O)c1ccccc1Cl)N1CCN(c2ccccc2OC)CC1.I. The molecule has 1 heterocycles. The van der Waals surface area contributed by atoms with Gasteiger partial charge in [-0.05, 0) is 24.3 Å². The third-order valence-electron chi connectivity index (χ3n) is 5.03. The number of rotatable bonds is 6. The Labute approximate surface area is 205 Å². The lowest BCUT2D eigenvalue weighted by Crippen LogP contribution is -2.53. The zero-order valence-corrected chi connectivity index (χ0v) is 20.9. The molecule has 0 atom stereocenters. The molecule has 2 aromatic rings. The van der Waals surface area contributed by atoms with Gasteiger partial charge in [-0.2, -0.15) is 0 Å². The second-order valence-corrected chi connectivity index (χ2v) is 7.26. The molecule has 0 unspecified atom stereocenters. The summed E-state index contributed by atoms with van der Waals surface area (Å²) in [4.78, 5) is 21.2. The maximum absolute atomic E-state index is 12.2. The number of guanidine groups is 1. The van der Waals surface area contributed by atoms with Gasteiger partial charge >= 0.3 is 0 Å². The molecule has 0 saturated carbocycles. The fourth-order valence-corrected chi connectivity index (χ4v) is 3.69. The second-order valence-electron chi connectivity index (χ2n) is 6.86. The summed E-state index contributed by atoms with van der Waals surface area (Å²) in [5.41, 5.74) is 1.60. The van der Waals surface area contributed by atoms with Gasteiger partial charge in [-0.25, -0.2) is 0 Å². The van der Waals surface area contributed by atoms with Gasteiger partial charge in [0.1, 0.15) is 5.75 Å². The van der Waals surface area contributed by atoms with Gasteiger partial charge in [0.15, 0.2) is 5.96 Å². The number of para-hydroxylation sites is 2. The molecule has 0 bridgehead atoms. The summed E-state index contributed by atoms with van der Waals surface area (Å²) in [6.45, 7) is 4.52. The highest BCUT2D eigenvalue weighted by molar-refractivity contribution is 14.0. The minimum atomic E-state index is -0.178. The van der Waals surface area contributed by atoms with E-state index in [1.54, 1.807) is 38.4 Å². The summed E-state index contributed by atoms with van der Waals surface area (Å²) >= 11 is 6.07. The number of carbonyl (C=O) groups excluding carboxylic acids is 1. The maximum atomic E-state index is 12.2. The van der Waals surface area contributed by atoms with E-state index in [2.05, 4.69) is 31.5 Å². The van der Waals surface area contributed by atoms with Crippen molar-refractivity contribution in [2.24, 2.45) is 4.99 Å². The van der Waals surface area contributed by atoms with Gasteiger partial charge in [-0.15, -0.1) is 24.0 Å². The van der Waals surface area contributed by atoms with Crippen LogP contribution in [-0.4, -0.2) is 70.2 Å². The average molecular weight is 558 g/mol. The van der Waals surface area contributed by atoms with Gasteiger partial charge < -0.3 is 25.2 Å². The standard InChI is InChI=1S/C22H28ClN5O2.HI/c1-24-22(26-12-11-25-21(29)17-7-3-4-8-18(17)23)28-15-13-27(14-16-28)19-9-5-6-10-20(19)30-2;/h3-10H,11-16H2,1-2H3,(H,24,26)(H,25,29);1H. The van der Waals surface area contributed by atoms with Crippen molar-refractivity contribution < 1.29 is 9.53 Å². The fraction of sp³-hybridized carbons (Fsp3) is 0.364. The van der Waals surface area contributed by atoms with Crippen molar-refractivity contribution in [2.45, 2.75) is 0 Å². The van der Waals surface area contributed by atoms with E-state index in [0.29, 0.717) is 23.7 Å². The van der Waals surface area contributed by atoms with Gasteiger partial charge in [-0.1, -0.05) is 35.9 Å². The number of amides is 1. The van der Waals surface area contributed by atoms with Crippen LogP contribution < -0.4 is 20.3 Å². The lowest BCUT2D eigenvalue weighted by molar-refractivity contribution is 0.0954. The average Bonchev–Trinajstić information content (AvgIpc) is 2.79. The van der Waals surface area contributed by atoms with Crippen molar-refractivity contribution in [1.29, 1.82) is 0 Å². The highest BCUT2D eigenvalue weighted by Gasteiger charge is 2.21. The third-order valence-corrected chi connectivity index (χ3v) is 5.36. The molecule has 1 saturated heterocycles. The Morgan fingerprint density at radius 1 is 1.03 bits per heavy atom. The van der Waals surface area contributed by atoms with Crippen molar-refractivity contribution in [3.63, 3.8) is 0 Å². The lowest BCUT2D eigenvalue weighted by atomic mass is 10.2. The van der Waals surface area contributed by atoms with Crippen LogP contribution >= 0.6 is 35.6 Å². The number of hydrogen-bond acceptors (Lipinski definition) is 4. The molecule has 31 heavy (non-hydrogen) atoms. The van der Waals surface area contributed by atoms with Gasteiger partial charge in [0.2, 0.25) is 0 Å². The molecule has 3 rings (SSSR count). The summed E-state index contributed by atoms with van der Waals surface area (Å²) in [7, 11) is 3.47. The molecule has 2 N–H and O–H groups in total. The second kappa shape index (κ2) is 12.6. The number of nitrogens with zero attached hydrogens (tertiary/aromatic N) is 3. The van der Waals surface area contributed by atoms with Gasteiger partial charge in [-0.3, -0.25) is 9.79 Å². The van der Waals surface area contributed by atoms with Crippen molar-refractivity contribution in [3.8, 4) is 5.75 Å². The summed E-state index contributed by atoms with van der Waals surface area (Å²) in [5.74, 6) is 1.55. The van der Waals surface area contributed by atoms with Gasteiger partial charge in [0, 0.05) is 46.3 Å². The van der Waals surface area contributed by atoms with Crippen LogP contribution in [0.3, 0.4) is 0 Å². The molecule has 7 nitrogen and oxygen atoms in total. The van der Waals surface area contributed by atoms with Crippen molar-refractivity contribution >= 4 is 53.1 Å². The molecule has 1 fully saturated rings. The topological polar surface area (TPSA) is 69.2 Å². The maximum Gasteiger partial charge on any atom is 0.252 e. The number of hydrogen-bond donors (Lipinski definition) is 2. The van der Waals surface area contributed by atoms with E-state index in [0.717, 1.165) is 43.6 Å². The molecule has 0 aliphatic carbocycles. The minimum absolute atomic E-state index is 0. The monoisotopic (exact) mass is 557 g/mol. The lowest BCUT2D eigenvalue weighted by Gasteiger charge is -2.38. The van der Waals surface area contributed by atoms with Crippen molar-refractivity contribution in [3.05, 3.63) is 59.1 Å². The van der Waals surface area contributed by atoms with E-state index in [4.69, 9.17) is 16.3 Å². The quantitative estimate of drug-likeness (QED) is 0.247. The number of piperazine rings is 1. The van der Waals surface area contributed by atoms with Gasteiger partial charge in [0.05, 0.1) is 23.4 Å². The first-order chi connectivity index (χ1) is 14.6. The normalized spacial score (nSPS) is 14.0. The van der Waals surface area contributed by atoms with E-state index in [9.17, 15) is 4.79 Å². The van der Waals surface area contributed by atoms with Crippen molar-refractivity contribution in [2.75, 3.05) is 58.3 Å². The zero-order valence-electron chi connectivity index (χ0n) is 17.8. The van der Waals surface area contributed by atoms with E-state index in [1.807, 2.05) is 18.2 Å². The molecular formula is C22H29ClIN5O2. The smallest absolute Gasteiger partial charge is 0.252 e. The molecule has 1 aliphatic heterocycles. The first-order valence-electron chi connectivity index (χ1n) is 10.0. The Bertz CT molecular complexity index is 888. The van der Waals surface area contributed by atoms with E-state index in [1.165, 1.54) is 0 Å². The van der Waals surface area contributed by atoms with Crippen LogP contribution in [0.4, 0.5) is 5.69 Å². The highest BCUT2D eigenvalue weighted by Crippen LogP contribution is 2.28. The molecule has 1 aliphatic rings. The first-order valence-corrected chi connectivity index (χ1v) is 10.4. The Balaban J connectivity index is 0.00000341. The molecule has 2 aromatic carbocycles. The van der Waals surface area contributed by atoms with Crippen molar-refractivity contribution in [1.82, 2.24) is 15.5 Å².